The third kappa shape index (κ3) is 4.24. The van der Waals surface area contributed by atoms with E-state index in [0.717, 1.165) is 16.9 Å². The molecule has 0 aliphatic carbocycles. The zero-order valence-electron chi connectivity index (χ0n) is 14.5. The van der Waals surface area contributed by atoms with Crippen molar-refractivity contribution < 1.29 is 18.4 Å². The molecule has 134 valence electrons. The van der Waals surface area contributed by atoms with E-state index in [4.69, 9.17) is 9.26 Å². The first-order valence-corrected chi connectivity index (χ1v) is 8.00. The molecule has 0 aliphatic rings. The summed E-state index contributed by atoms with van der Waals surface area (Å²) in [5.41, 5.74) is 1.54. The van der Waals surface area contributed by atoms with Crippen molar-refractivity contribution in [2.24, 2.45) is 0 Å². The Morgan fingerprint density at radius 3 is 2.50 bits per heavy atom. The Hall–Kier alpha value is -3.22. The minimum Gasteiger partial charge on any atom is -0.497 e. The molecule has 1 heterocycles. The van der Waals surface area contributed by atoms with E-state index in [0.29, 0.717) is 11.7 Å². The van der Waals surface area contributed by atoms with Crippen molar-refractivity contribution in [3.8, 4) is 17.1 Å². The van der Waals surface area contributed by atoms with Gasteiger partial charge in [0.15, 0.2) is 0 Å². The zero-order valence-corrected chi connectivity index (χ0v) is 14.5. The van der Waals surface area contributed by atoms with Gasteiger partial charge in [0.05, 0.1) is 20.1 Å². The molecule has 0 spiro atoms. The van der Waals surface area contributed by atoms with E-state index >= 15 is 0 Å². The lowest BCUT2D eigenvalue weighted by Gasteiger charge is -2.14. The van der Waals surface area contributed by atoms with E-state index in [1.165, 1.54) is 17.0 Å². The van der Waals surface area contributed by atoms with Crippen LogP contribution in [0.5, 0.6) is 5.75 Å². The molecule has 0 saturated carbocycles. The SMILES string of the molecule is COc1ccc(-c2noc(CN(C)C(=O)Cc3ccc(F)cc3)n2)cc1. The smallest absolute Gasteiger partial charge is 0.246 e. The molecular weight excluding hydrogens is 337 g/mol. The Bertz CT molecular complexity index is 876. The Balaban J connectivity index is 1.62. The summed E-state index contributed by atoms with van der Waals surface area (Å²) < 4.78 is 23.3. The summed E-state index contributed by atoms with van der Waals surface area (Å²) >= 11 is 0. The maximum Gasteiger partial charge on any atom is 0.246 e. The lowest BCUT2D eigenvalue weighted by atomic mass is 10.1. The number of aromatic nitrogens is 2. The molecule has 2 aromatic carbocycles. The van der Waals surface area contributed by atoms with Gasteiger partial charge in [-0.05, 0) is 42.0 Å². The van der Waals surface area contributed by atoms with Gasteiger partial charge in [0.2, 0.25) is 17.6 Å². The maximum absolute atomic E-state index is 12.9. The Morgan fingerprint density at radius 2 is 1.85 bits per heavy atom. The number of ether oxygens (including phenoxy) is 1. The fourth-order valence-corrected chi connectivity index (χ4v) is 2.38. The molecule has 0 atom stereocenters. The van der Waals surface area contributed by atoms with E-state index in [1.807, 2.05) is 24.3 Å². The van der Waals surface area contributed by atoms with Crippen LogP contribution in [0.1, 0.15) is 11.5 Å². The second kappa shape index (κ2) is 7.77. The molecule has 3 aromatic rings. The zero-order chi connectivity index (χ0) is 18.5. The average Bonchev–Trinajstić information content (AvgIpc) is 3.12. The Kier molecular flexibility index (Phi) is 5.26. The van der Waals surface area contributed by atoms with E-state index in [1.54, 1.807) is 26.3 Å². The van der Waals surface area contributed by atoms with E-state index in [9.17, 15) is 9.18 Å². The third-order valence-corrected chi connectivity index (χ3v) is 3.88. The van der Waals surface area contributed by atoms with Gasteiger partial charge in [-0.3, -0.25) is 4.79 Å². The summed E-state index contributed by atoms with van der Waals surface area (Å²) in [5.74, 6) is 1.07. The van der Waals surface area contributed by atoms with Crippen LogP contribution in [-0.4, -0.2) is 35.1 Å². The summed E-state index contributed by atoms with van der Waals surface area (Å²) in [5, 5.41) is 3.94. The summed E-state index contributed by atoms with van der Waals surface area (Å²) in [7, 11) is 3.25. The molecule has 0 aliphatic heterocycles. The topological polar surface area (TPSA) is 68.5 Å². The van der Waals surface area contributed by atoms with Crippen LogP contribution in [0, 0.1) is 5.82 Å². The number of carbonyl (C=O) groups is 1. The number of carbonyl (C=O) groups excluding carboxylic acids is 1. The van der Waals surface area contributed by atoms with Gasteiger partial charge in [-0.2, -0.15) is 4.98 Å². The van der Waals surface area contributed by atoms with Crippen LogP contribution in [0.2, 0.25) is 0 Å². The molecule has 0 N–H and O–H groups in total. The Morgan fingerprint density at radius 1 is 1.15 bits per heavy atom. The van der Waals surface area contributed by atoms with Gasteiger partial charge in [0.1, 0.15) is 11.6 Å². The number of rotatable bonds is 6. The fraction of sp³-hybridized carbons (Fsp3) is 0.211. The van der Waals surface area contributed by atoms with Gasteiger partial charge >= 0.3 is 0 Å². The molecule has 7 heteroatoms. The quantitative estimate of drug-likeness (QED) is 0.680. The van der Waals surface area contributed by atoms with Crippen molar-refractivity contribution in [3.05, 3.63) is 65.8 Å². The molecule has 3 rings (SSSR count). The van der Waals surface area contributed by atoms with Crippen LogP contribution >= 0.6 is 0 Å². The highest BCUT2D eigenvalue weighted by atomic mass is 19.1. The molecule has 0 fully saturated rings. The largest absolute Gasteiger partial charge is 0.497 e. The monoisotopic (exact) mass is 355 g/mol. The maximum atomic E-state index is 12.9. The van der Waals surface area contributed by atoms with Gasteiger partial charge < -0.3 is 14.2 Å². The number of likely N-dealkylation sites (N-methyl/N-ethyl adjacent to an activating group) is 1. The van der Waals surface area contributed by atoms with Crippen LogP contribution in [0.3, 0.4) is 0 Å². The van der Waals surface area contributed by atoms with Crippen molar-refractivity contribution in [2.75, 3.05) is 14.2 Å². The highest BCUT2D eigenvalue weighted by Gasteiger charge is 2.15. The average molecular weight is 355 g/mol. The van der Waals surface area contributed by atoms with E-state index < -0.39 is 0 Å². The lowest BCUT2D eigenvalue weighted by Crippen LogP contribution is -2.27. The number of amides is 1. The molecule has 1 amide bonds. The van der Waals surface area contributed by atoms with Gasteiger partial charge in [-0.15, -0.1) is 0 Å². The normalized spacial score (nSPS) is 10.6. The molecule has 0 saturated heterocycles. The molecule has 0 unspecified atom stereocenters. The molecule has 6 nitrogen and oxygen atoms in total. The third-order valence-electron chi connectivity index (χ3n) is 3.88. The fourth-order valence-electron chi connectivity index (χ4n) is 2.38. The number of hydrogen-bond acceptors (Lipinski definition) is 5. The first-order chi connectivity index (χ1) is 12.5. The predicted octanol–water partition coefficient (Wildman–Crippen LogP) is 3.09. The number of methoxy groups -OCH3 is 1. The van der Waals surface area contributed by atoms with Gasteiger partial charge in [0, 0.05) is 12.6 Å². The summed E-state index contributed by atoms with van der Waals surface area (Å²) in [6.07, 6.45) is 0.177. The minimum absolute atomic E-state index is 0.124. The molecule has 1 aromatic heterocycles. The van der Waals surface area contributed by atoms with Crippen molar-refractivity contribution in [2.45, 2.75) is 13.0 Å². The minimum atomic E-state index is -0.327. The van der Waals surface area contributed by atoms with Gasteiger partial charge in [0.25, 0.3) is 0 Å². The van der Waals surface area contributed by atoms with Crippen LogP contribution in [0.25, 0.3) is 11.4 Å². The standard InChI is InChI=1S/C19H18FN3O3/c1-23(18(24)11-13-3-7-15(20)8-4-13)12-17-21-19(22-26-17)14-5-9-16(25-2)10-6-14/h3-10H,11-12H2,1-2H3. The number of halogens is 1. The highest BCUT2D eigenvalue weighted by Crippen LogP contribution is 2.20. The second-order valence-electron chi connectivity index (χ2n) is 5.79. The molecular formula is C19H18FN3O3. The highest BCUT2D eigenvalue weighted by molar-refractivity contribution is 5.78. The van der Waals surface area contributed by atoms with E-state index in [-0.39, 0.29) is 24.7 Å². The van der Waals surface area contributed by atoms with Crippen LogP contribution in [-0.2, 0) is 17.8 Å². The second-order valence-corrected chi connectivity index (χ2v) is 5.79. The molecule has 0 bridgehead atoms. The first-order valence-electron chi connectivity index (χ1n) is 8.00. The van der Waals surface area contributed by atoms with Crippen molar-refractivity contribution in [1.29, 1.82) is 0 Å². The van der Waals surface area contributed by atoms with Crippen molar-refractivity contribution >= 4 is 5.91 Å². The van der Waals surface area contributed by atoms with Crippen LogP contribution < -0.4 is 4.74 Å². The number of nitrogens with zero attached hydrogens (tertiary/aromatic N) is 3. The number of benzene rings is 2. The van der Waals surface area contributed by atoms with Crippen LogP contribution in [0.4, 0.5) is 4.39 Å². The van der Waals surface area contributed by atoms with Crippen molar-refractivity contribution in [3.63, 3.8) is 0 Å². The summed E-state index contributed by atoms with van der Waals surface area (Å²) in [4.78, 5) is 18.1. The first kappa shape index (κ1) is 17.6. The Labute approximate surface area is 150 Å². The van der Waals surface area contributed by atoms with Gasteiger partial charge in [-0.1, -0.05) is 17.3 Å². The van der Waals surface area contributed by atoms with E-state index in [2.05, 4.69) is 10.1 Å². The van der Waals surface area contributed by atoms with Gasteiger partial charge in [-0.25, -0.2) is 4.39 Å². The molecule has 26 heavy (non-hydrogen) atoms. The molecule has 0 radical (unpaired) electrons. The number of hydrogen-bond donors (Lipinski definition) is 0. The predicted molar refractivity (Wildman–Crippen MR) is 92.9 cm³/mol. The summed E-state index contributed by atoms with van der Waals surface area (Å²) in [6, 6.07) is 13.1. The van der Waals surface area contributed by atoms with Crippen LogP contribution in [0.15, 0.2) is 53.1 Å². The van der Waals surface area contributed by atoms with Crippen molar-refractivity contribution in [1.82, 2.24) is 15.0 Å². The lowest BCUT2D eigenvalue weighted by molar-refractivity contribution is -0.130. The summed E-state index contributed by atoms with van der Waals surface area (Å²) in [6.45, 7) is 0.198.